The highest BCUT2D eigenvalue weighted by atomic mass is 35.5. The van der Waals surface area contributed by atoms with Gasteiger partial charge in [-0.15, -0.1) is 0 Å². The molecule has 120 valence electrons. The van der Waals surface area contributed by atoms with Crippen LogP contribution in [0.3, 0.4) is 0 Å². The number of rotatable bonds is 4. The average molecular weight is 337 g/mol. The SMILES string of the molecule is Cc1c(F)cc(F)c2c1cc(C)n2CCNc1cc(Cl)ncn1. The largest absolute Gasteiger partial charge is 0.368 e. The number of nitrogens with zero attached hydrogens (tertiary/aromatic N) is 3. The molecule has 0 aliphatic rings. The summed E-state index contributed by atoms with van der Waals surface area (Å²) < 4.78 is 29.7. The van der Waals surface area contributed by atoms with Crippen molar-refractivity contribution in [3.05, 3.63) is 52.6 Å². The Morgan fingerprint density at radius 2 is 1.91 bits per heavy atom. The van der Waals surface area contributed by atoms with E-state index in [9.17, 15) is 8.78 Å². The number of halogens is 3. The molecule has 1 N–H and O–H groups in total. The summed E-state index contributed by atoms with van der Waals surface area (Å²) in [6, 6.07) is 4.35. The molecule has 0 atom stereocenters. The maximum atomic E-state index is 14.2. The van der Waals surface area contributed by atoms with Crippen LogP contribution in [-0.4, -0.2) is 21.1 Å². The minimum Gasteiger partial charge on any atom is -0.368 e. The molecule has 4 nitrogen and oxygen atoms in total. The zero-order chi connectivity index (χ0) is 16.6. The summed E-state index contributed by atoms with van der Waals surface area (Å²) in [5.74, 6) is -0.482. The first kappa shape index (κ1) is 15.7. The Kier molecular flexibility index (Phi) is 4.17. The Balaban J connectivity index is 1.86. The van der Waals surface area contributed by atoms with Crippen molar-refractivity contribution < 1.29 is 8.78 Å². The van der Waals surface area contributed by atoms with Gasteiger partial charge in [-0.05, 0) is 25.5 Å². The van der Waals surface area contributed by atoms with Crippen LogP contribution in [0.25, 0.3) is 10.9 Å². The predicted octanol–water partition coefficient (Wildman–Crippen LogP) is 4.09. The molecular formula is C16H15ClF2N4. The van der Waals surface area contributed by atoms with E-state index in [1.54, 1.807) is 19.1 Å². The molecule has 23 heavy (non-hydrogen) atoms. The molecule has 2 heterocycles. The molecule has 0 saturated carbocycles. The lowest BCUT2D eigenvalue weighted by atomic mass is 10.1. The van der Waals surface area contributed by atoms with Crippen molar-refractivity contribution in [2.24, 2.45) is 0 Å². The van der Waals surface area contributed by atoms with Crippen molar-refractivity contribution in [1.29, 1.82) is 0 Å². The second kappa shape index (κ2) is 6.12. The Labute approximate surface area is 137 Å². The first-order valence-electron chi connectivity index (χ1n) is 7.13. The summed E-state index contributed by atoms with van der Waals surface area (Å²) in [4.78, 5) is 7.85. The zero-order valence-electron chi connectivity index (χ0n) is 12.7. The lowest BCUT2D eigenvalue weighted by Gasteiger charge is -2.11. The molecule has 3 aromatic rings. The fourth-order valence-corrected chi connectivity index (χ4v) is 2.80. The van der Waals surface area contributed by atoms with E-state index in [0.29, 0.717) is 40.5 Å². The summed E-state index contributed by atoms with van der Waals surface area (Å²) in [6.07, 6.45) is 1.37. The Bertz CT molecular complexity index is 876. The van der Waals surface area contributed by atoms with Crippen LogP contribution in [0.2, 0.25) is 5.15 Å². The van der Waals surface area contributed by atoms with Gasteiger partial charge in [-0.1, -0.05) is 11.6 Å². The number of aryl methyl sites for hydroxylation is 2. The van der Waals surface area contributed by atoms with E-state index in [1.165, 1.54) is 6.33 Å². The summed E-state index contributed by atoms with van der Waals surface area (Å²) in [5, 5.41) is 4.06. The van der Waals surface area contributed by atoms with Crippen molar-refractivity contribution >= 4 is 28.3 Å². The van der Waals surface area contributed by atoms with E-state index < -0.39 is 11.6 Å². The molecule has 0 fully saturated rings. The lowest BCUT2D eigenvalue weighted by Crippen LogP contribution is -2.13. The maximum absolute atomic E-state index is 14.2. The van der Waals surface area contributed by atoms with Gasteiger partial charge < -0.3 is 9.88 Å². The van der Waals surface area contributed by atoms with E-state index in [2.05, 4.69) is 15.3 Å². The Hall–Kier alpha value is -2.21. The van der Waals surface area contributed by atoms with Crippen LogP contribution in [0.5, 0.6) is 0 Å². The molecular weight excluding hydrogens is 322 g/mol. The van der Waals surface area contributed by atoms with E-state index >= 15 is 0 Å². The molecule has 3 rings (SSSR count). The van der Waals surface area contributed by atoms with Gasteiger partial charge in [0.25, 0.3) is 0 Å². The van der Waals surface area contributed by atoms with Gasteiger partial charge in [0.15, 0.2) is 0 Å². The standard InChI is InChI=1S/C16H15ClF2N4/c1-9-5-11-10(2)12(18)6-13(19)16(11)23(9)4-3-20-15-7-14(17)21-8-22-15/h5-8H,3-4H2,1-2H3,(H,20,21,22). The van der Waals surface area contributed by atoms with Crippen molar-refractivity contribution in [3.63, 3.8) is 0 Å². The molecule has 2 aromatic heterocycles. The number of hydrogen-bond acceptors (Lipinski definition) is 3. The van der Waals surface area contributed by atoms with Crippen LogP contribution in [-0.2, 0) is 6.54 Å². The van der Waals surface area contributed by atoms with Gasteiger partial charge in [0.1, 0.15) is 28.9 Å². The van der Waals surface area contributed by atoms with Gasteiger partial charge in [0, 0.05) is 36.3 Å². The molecule has 0 bridgehead atoms. The Morgan fingerprint density at radius 3 is 2.65 bits per heavy atom. The first-order chi connectivity index (χ1) is 11.0. The number of aromatic nitrogens is 3. The van der Waals surface area contributed by atoms with Gasteiger partial charge in [0.05, 0.1) is 5.52 Å². The Morgan fingerprint density at radius 1 is 1.13 bits per heavy atom. The molecule has 0 saturated heterocycles. The third-order valence-corrected chi connectivity index (χ3v) is 4.03. The second-order valence-electron chi connectivity index (χ2n) is 5.32. The summed E-state index contributed by atoms with van der Waals surface area (Å²) in [6.45, 7) is 4.56. The van der Waals surface area contributed by atoms with E-state index in [4.69, 9.17) is 11.6 Å². The van der Waals surface area contributed by atoms with Crippen molar-refractivity contribution in [2.75, 3.05) is 11.9 Å². The third-order valence-electron chi connectivity index (χ3n) is 3.82. The molecule has 0 spiro atoms. The lowest BCUT2D eigenvalue weighted by molar-refractivity contribution is 0.579. The topological polar surface area (TPSA) is 42.7 Å². The molecule has 0 radical (unpaired) electrons. The molecule has 7 heteroatoms. The number of benzene rings is 1. The fraction of sp³-hybridized carbons (Fsp3) is 0.250. The van der Waals surface area contributed by atoms with Crippen molar-refractivity contribution in [1.82, 2.24) is 14.5 Å². The minimum atomic E-state index is -0.554. The van der Waals surface area contributed by atoms with Crippen LogP contribution in [0.4, 0.5) is 14.6 Å². The normalized spacial score (nSPS) is 11.2. The first-order valence-corrected chi connectivity index (χ1v) is 7.51. The predicted molar refractivity (Wildman–Crippen MR) is 86.9 cm³/mol. The molecule has 0 unspecified atom stereocenters. The van der Waals surface area contributed by atoms with Crippen LogP contribution in [0.15, 0.2) is 24.5 Å². The van der Waals surface area contributed by atoms with Gasteiger partial charge in [-0.2, -0.15) is 0 Å². The fourth-order valence-electron chi connectivity index (χ4n) is 2.65. The zero-order valence-corrected chi connectivity index (χ0v) is 13.5. The third kappa shape index (κ3) is 2.99. The second-order valence-corrected chi connectivity index (χ2v) is 5.70. The van der Waals surface area contributed by atoms with Gasteiger partial charge in [-0.25, -0.2) is 18.7 Å². The summed E-state index contributed by atoms with van der Waals surface area (Å²) in [7, 11) is 0. The van der Waals surface area contributed by atoms with E-state index in [0.717, 1.165) is 11.8 Å². The number of fused-ring (bicyclic) bond motifs is 1. The molecule has 1 aromatic carbocycles. The van der Waals surface area contributed by atoms with E-state index in [1.807, 2.05) is 11.5 Å². The number of nitrogens with one attached hydrogen (secondary N) is 1. The highest BCUT2D eigenvalue weighted by Crippen LogP contribution is 2.27. The van der Waals surface area contributed by atoms with Gasteiger partial charge >= 0.3 is 0 Å². The summed E-state index contributed by atoms with van der Waals surface area (Å²) in [5.41, 5.74) is 1.75. The van der Waals surface area contributed by atoms with E-state index in [-0.39, 0.29) is 0 Å². The number of anilines is 1. The number of hydrogen-bond donors (Lipinski definition) is 1. The quantitative estimate of drug-likeness (QED) is 0.730. The van der Waals surface area contributed by atoms with Crippen LogP contribution < -0.4 is 5.32 Å². The molecule has 0 aliphatic carbocycles. The van der Waals surface area contributed by atoms with Crippen molar-refractivity contribution in [3.8, 4) is 0 Å². The highest BCUT2D eigenvalue weighted by Gasteiger charge is 2.15. The maximum Gasteiger partial charge on any atom is 0.150 e. The van der Waals surface area contributed by atoms with Crippen LogP contribution >= 0.6 is 11.6 Å². The van der Waals surface area contributed by atoms with Gasteiger partial charge in [0.2, 0.25) is 0 Å². The monoisotopic (exact) mass is 336 g/mol. The minimum absolute atomic E-state index is 0.349. The van der Waals surface area contributed by atoms with Crippen molar-refractivity contribution in [2.45, 2.75) is 20.4 Å². The van der Waals surface area contributed by atoms with Gasteiger partial charge in [-0.3, -0.25) is 0 Å². The smallest absolute Gasteiger partial charge is 0.150 e. The van der Waals surface area contributed by atoms with Crippen LogP contribution in [0.1, 0.15) is 11.3 Å². The highest BCUT2D eigenvalue weighted by molar-refractivity contribution is 6.29. The summed E-state index contributed by atoms with van der Waals surface area (Å²) >= 11 is 5.80. The average Bonchev–Trinajstić information content (AvgIpc) is 2.83. The van der Waals surface area contributed by atoms with Crippen LogP contribution in [0, 0.1) is 25.5 Å². The molecule has 0 amide bonds. The molecule has 0 aliphatic heterocycles.